The van der Waals surface area contributed by atoms with Crippen LogP contribution in [0, 0.1) is 0 Å². The quantitative estimate of drug-likeness (QED) is 0.509. The number of amides is 1. The predicted octanol–water partition coefficient (Wildman–Crippen LogP) is 1.45. The normalized spacial score (nSPS) is 12.9. The molecule has 0 saturated heterocycles. The first-order valence-electron chi connectivity index (χ1n) is 3.28. The summed E-state index contributed by atoms with van der Waals surface area (Å²) in [5, 5.41) is 3.21. The SMILES string of the molecule is CC/C(C)=N/NC(=O)C(F)(F)F. The van der Waals surface area contributed by atoms with Crippen molar-refractivity contribution in [2.45, 2.75) is 26.4 Å². The Kier molecular flexibility index (Phi) is 3.72. The van der Waals surface area contributed by atoms with Crippen LogP contribution in [0.2, 0.25) is 0 Å². The van der Waals surface area contributed by atoms with Gasteiger partial charge in [0.15, 0.2) is 0 Å². The molecule has 0 radical (unpaired) electrons. The van der Waals surface area contributed by atoms with Gasteiger partial charge in [0, 0.05) is 5.71 Å². The van der Waals surface area contributed by atoms with Gasteiger partial charge in [-0.1, -0.05) is 6.92 Å². The summed E-state index contributed by atoms with van der Waals surface area (Å²) in [6.45, 7) is 3.25. The van der Waals surface area contributed by atoms with Crippen LogP contribution >= 0.6 is 0 Å². The summed E-state index contributed by atoms with van der Waals surface area (Å²) in [7, 11) is 0. The van der Waals surface area contributed by atoms with Crippen molar-refractivity contribution in [2.24, 2.45) is 5.10 Å². The van der Waals surface area contributed by atoms with Gasteiger partial charge < -0.3 is 0 Å². The van der Waals surface area contributed by atoms with E-state index in [9.17, 15) is 18.0 Å². The number of alkyl halides is 3. The Morgan fingerprint density at radius 3 is 2.33 bits per heavy atom. The zero-order valence-corrected chi connectivity index (χ0v) is 6.70. The third kappa shape index (κ3) is 3.95. The summed E-state index contributed by atoms with van der Waals surface area (Å²) < 4.78 is 34.6. The Bertz CT molecular complexity index is 197. The molecule has 12 heavy (non-hydrogen) atoms. The zero-order chi connectivity index (χ0) is 9.78. The molecule has 0 aliphatic heterocycles. The summed E-state index contributed by atoms with van der Waals surface area (Å²) in [5.41, 5.74) is 1.83. The number of hydrogen-bond acceptors (Lipinski definition) is 2. The maximum Gasteiger partial charge on any atom is 0.473 e. The van der Waals surface area contributed by atoms with Crippen molar-refractivity contribution in [3.05, 3.63) is 0 Å². The van der Waals surface area contributed by atoms with Crippen LogP contribution in [0.3, 0.4) is 0 Å². The number of carbonyl (C=O) groups excluding carboxylic acids is 1. The smallest absolute Gasteiger partial charge is 0.263 e. The minimum absolute atomic E-state index is 0.438. The van der Waals surface area contributed by atoms with E-state index in [1.54, 1.807) is 6.92 Å². The Morgan fingerprint density at radius 2 is 2.00 bits per heavy atom. The number of nitrogens with zero attached hydrogens (tertiary/aromatic N) is 1. The monoisotopic (exact) mass is 182 g/mol. The Balaban J connectivity index is 4.04. The molecule has 0 rings (SSSR count). The fourth-order valence-corrected chi connectivity index (χ4v) is 0.289. The first-order valence-corrected chi connectivity index (χ1v) is 3.28. The number of hydrazone groups is 1. The van der Waals surface area contributed by atoms with Crippen molar-refractivity contribution in [1.82, 2.24) is 5.43 Å². The van der Waals surface area contributed by atoms with Crippen LogP contribution in [0.15, 0.2) is 5.10 Å². The molecular weight excluding hydrogens is 173 g/mol. The van der Waals surface area contributed by atoms with Gasteiger partial charge in [-0.05, 0) is 13.3 Å². The molecule has 0 bridgehead atoms. The second-order valence-electron chi connectivity index (χ2n) is 2.14. The minimum atomic E-state index is -4.86. The van der Waals surface area contributed by atoms with Crippen molar-refractivity contribution in [3.8, 4) is 0 Å². The van der Waals surface area contributed by atoms with Crippen LogP contribution in [-0.2, 0) is 4.79 Å². The van der Waals surface area contributed by atoms with Crippen molar-refractivity contribution in [1.29, 1.82) is 0 Å². The molecule has 0 aromatic carbocycles. The van der Waals surface area contributed by atoms with E-state index in [0.717, 1.165) is 0 Å². The number of nitrogens with one attached hydrogen (secondary N) is 1. The van der Waals surface area contributed by atoms with Crippen molar-refractivity contribution >= 4 is 11.6 Å². The van der Waals surface area contributed by atoms with Gasteiger partial charge in [0.2, 0.25) is 0 Å². The van der Waals surface area contributed by atoms with Crippen LogP contribution in [-0.4, -0.2) is 17.8 Å². The largest absolute Gasteiger partial charge is 0.473 e. The minimum Gasteiger partial charge on any atom is -0.263 e. The van der Waals surface area contributed by atoms with E-state index in [-0.39, 0.29) is 0 Å². The van der Waals surface area contributed by atoms with Crippen LogP contribution in [0.25, 0.3) is 0 Å². The molecule has 6 heteroatoms. The van der Waals surface area contributed by atoms with Gasteiger partial charge in [0.25, 0.3) is 0 Å². The maximum atomic E-state index is 11.5. The zero-order valence-electron chi connectivity index (χ0n) is 6.70. The highest BCUT2D eigenvalue weighted by Gasteiger charge is 2.38. The molecule has 0 aromatic rings. The molecule has 0 aliphatic rings. The molecule has 0 heterocycles. The molecule has 0 spiro atoms. The van der Waals surface area contributed by atoms with E-state index in [0.29, 0.717) is 12.1 Å². The van der Waals surface area contributed by atoms with Gasteiger partial charge in [-0.15, -0.1) is 0 Å². The lowest BCUT2D eigenvalue weighted by atomic mass is 10.3. The Morgan fingerprint density at radius 1 is 1.50 bits per heavy atom. The highest BCUT2D eigenvalue weighted by atomic mass is 19.4. The Labute approximate surface area is 67.6 Å². The summed E-state index contributed by atoms with van der Waals surface area (Å²) >= 11 is 0. The van der Waals surface area contributed by atoms with Crippen molar-refractivity contribution in [3.63, 3.8) is 0 Å². The average Bonchev–Trinajstić information content (AvgIpc) is 1.97. The summed E-state index contributed by atoms with van der Waals surface area (Å²) in [4.78, 5) is 10.1. The molecule has 0 unspecified atom stereocenters. The molecule has 0 atom stereocenters. The third-order valence-corrected chi connectivity index (χ3v) is 1.12. The van der Waals surface area contributed by atoms with Crippen LogP contribution in [0.4, 0.5) is 13.2 Å². The predicted molar refractivity (Wildman–Crippen MR) is 37.6 cm³/mol. The van der Waals surface area contributed by atoms with Gasteiger partial charge in [0.05, 0.1) is 0 Å². The molecule has 0 saturated carbocycles. The molecule has 1 amide bonds. The number of hydrogen-bond donors (Lipinski definition) is 1. The van der Waals surface area contributed by atoms with Crippen LogP contribution < -0.4 is 5.43 Å². The molecule has 1 N–H and O–H groups in total. The van der Waals surface area contributed by atoms with E-state index in [1.807, 2.05) is 0 Å². The lowest BCUT2D eigenvalue weighted by molar-refractivity contribution is -0.173. The summed E-state index contributed by atoms with van der Waals surface area (Å²) in [6.07, 6.45) is -4.37. The van der Waals surface area contributed by atoms with E-state index in [1.165, 1.54) is 12.3 Å². The number of rotatable bonds is 2. The highest BCUT2D eigenvalue weighted by Crippen LogP contribution is 2.13. The van der Waals surface area contributed by atoms with Crippen LogP contribution in [0.5, 0.6) is 0 Å². The maximum absolute atomic E-state index is 11.5. The molecule has 70 valence electrons. The van der Waals surface area contributed by atoms with Crippen molar-refractivity contribution in [2.75, 3.05) is 0 Å². The van der Waals surface area contributed by atoms with Crippen molar-refractivity contribution < 1.29 is 18.0 Å². The molecular formula is C6H9F3N2O. The van der Waals surface area contributed by atoms with Gasteiger partial charge in [-0.2, -0.15) is 18.3 Å². The van der Waals surface area contributed by atoms with E-state index >= 15 is 0 Å². The molecule has 3 nitrogen and oxygen atoms in total. The molecule has 0 aliphatic carbocycles. The first kappa shape index (κ1) is 10.9. The summed E-state index contributed by atoms with van der Waals surface area (Å²) in [6, 6.07) is 0. The lowest BCUT2D eigenvalue weighted by Crippen LogP contribution is -2.34. The van der Waals surface area contributed by atoms with Crippen LogP contribution in [0.1, 0.15) is 20.3 Å². The van der Waals surface area contributed by atoms with Gasteiger partial charge in [0.1, 0.15) is 0 Å². The Hall–Kier alpha value is -1.07. The third-order valence-electron chi connectivity index (χ3n) is 1.12. The standard InChI is InChI=1S/C6H9F3N2O/c1-3-4(2)10-11-5(12)6(7,8)9/h3H2,1-2H3,(H,11,12)/b10-4+. The van der Waals surface area contributed by atoms with E-state index < -0.39 is 12.1 Å². The van der Waals surface area contributed by atoms with Gasteiger partial charge in [-0.25, -0.2) is 5.43 Å². The fourth-order valence-electron chi connectivity index (χ4n) is 0.289. The van der Waals surface area contributed by atoms with E-state index in [2.05, 4.69) is 5.10 Å². The number of halogens is 3. The fraction of sp³-hybridized carbons (Fsp3) is 0.667. The number of carbonyl (C=O) groups is 1. The topological polar surface area (TPSA) is 41.5 Å². The van der Waals surface area contributed by atoms with E-state index in [4.69, 9.17) is 0 Å². The first-order chi connectivity index (χ1) is 5.38. The molecule has 0 fully saturated rings. The highest BCUT2D eigenvalue weighted by molar-refractivity contribution is 5.86. The summed E-state index contributed by atoms with van der Waals surface area (Å²) in [5.74, 6) is -2.05. The average molecular weight is 182 g/mol. The van der Waals surface area contributed by atoms with Gasteiger partial charge >= 0.3 is 12.1 Å². The van der Waals surface area contributed by atoms with Gasteiger partial charge in [-0.3, -0.25) is 4.79 Å². The lowest BCUT2D eigenvalue weighted by Gasteiger charge is -2.03. The second kappa shape index (κ2) is 4.08. The second-order valence-corrected chi connectivity index (χ2v) is 2.14. The molecule has 0 aromatic heterocycles.